The molecule has 2 fully saturated rings. The van der Waals surface area contributed by atoms with E-state index in [1.54, 1.807) is 6.20 Å². The summed E-state index contributed by atoms with van der Waals surface area (Å²) >= 11 is 0. The lowest BCUT2D eigenvalue weighted by Crippen LogP contribution is -2.54. The molecule has 1 aromatic rings. The van der Waals surface area contributed by atoms with Gasteiger partial charge in [-0.2, -0.15) is 0 Å². The summed E-state index contributed by atoms with van der Waals surface area (Å²) in [5, 5.41) is 3.06. The number of amides is 3. The molecule has 0 bridgehead atoms. The summed E-state index contributed by atoms with van der Waals surface area (Å²) in [7, 11) is 0. The molecule has 2 saturated heterocycles. The highest BCUT2D eigenvalue weighted by atomic mass is 16.2. The Morgan fingerprint density at radius 1 is 1.33 bits per heavy atom. The third-order valence-electron chi connectivity index (χ3n) is 6.23. The number of urea groups is 1. The molecule has 0 aromatic carbocycles. The van der Waals surface area contributed by atoms with E-state index >= 15 is 0 Å². The largest absolute Gasteiger partial charge is 0.342 e. The maximum Gasteiger partial charge on any atom is 0.317 e. The van der Waals surface area contributed by atoms with Gasteiger partial charge in [0.15, 0.2) is 0 Å². The summed E-state index contributed by atoms with van der Waals surface area (Å²) in [6.07, 6.45) is 8.99. The van der Waals surface area contributed by atoms with Gasteiger partial charge in [0.25, 0.3) is 0 Å². The second-order valence-electron chi connectivity index (χ2n) is 8.17. The predicted molar refractivity (Wildman–Crippen MR) is 105 cm³/mol. The molecular weight excluding hydrogens is 340 g/mol. The van der Waals surface area contributed by atoms with E-state index in [0.29, 0.717) is 6.42 Å². The molecule has 0 radical (unpaired) electrons. The van der Waals surface area contributed by atoms with Crippen molar-refractivity contribution in [3.8, 4) is 0 Å². The van der Waals surface area contributed by atoms with Crippen molar-refractivity contribution >= 4 is 11.9 Å². The molecule has 2 aliphatic rings. The first-order chi connectivity index (χ1) is 13.0. The normalized spacial score (nSPS) is 20.6. The van der Waals surface area contributed by atoms with Gasteiger partial charge in [0, 0.05) is 51.0 Å². The molecule has 1 spiro atoms. The van der Waals surface area contributed by atoms with Crippen LogP contribution in [-0.2, 0) is 11.2 Å². The molecule has 3 amide bonds. The third-order valence-corrected chi connectivity index (χ3v) is 6.23. The quantitative estimate of drug-likeness (QED) is 0.864. The molecule has 3 rings (SSSR count). The summed E-state index contributed by atoms with van der Waals surface area (Å²) in [5.41, 5.74) is 1.34. The Morgan fingerprint density at radius 2 is 2.11 bits per heavy atom. The van der Waals surface area contributed by atoms with Crippen LogP contribution in [0.25, 0.3) is 0 Å². The molecule has 3 heterocycles. The fourth-order valence-electron chi connectivity index (χ4n) is 4.11. The van der Waals surface area contributed by atoms with Gasteiger partial charge < -0.3 is 15.1 Å². The first-order valence-electron chi connectivity index (χ1n) is 10.2. The first-order valence-corrected chi connectivity index (χ1v) is 10.2. The smallest absolute Gasteiger partial charge is 0.317 e. The zero-order chi connectivity index (χ0) is 19.3. The van der Waals surface area contributed by atoms with Crippen molar-refractivity contribution in [2.45, 2.75) is 58.4 Å². The van der Waals surface area contributed by atoms with Crippen LogP contribution in [0.5, 0.6) is 0 Å². The van der Waals surface area contributed by atoms with Crippen LogP contribution < -0.4 is 5.32 Å². The van der Waals surface area contributed by atoms with E-state index in [-0.39, 0.29) is 23.4 Å². The fraction of sp³-hybridized carbons (Fsp3) is 0.667. The molecule has 1 N–H and O–H groups in total. The third kappa shape index (κ3) is 4.99. The van der Waals surface area contributed by atoms with Crippen molar-refractivity contribution in [3.63, 3.8) is 0 Å². The Morgan fingerprint density at radius 3 is 2.78 bits per heavy atom. The summed E-state index contributed by atoms with van der Waals surface area (Å²) in [5.74, 6) is 0.265. The number of piperidine rings is 2. The molecule has 0 aliphatic carbocycles. The van der Waals surface area contributed by atoms with Crippen molar-refractivity contribution < 1.29 is 9.59 Å². The molecular formula is C21H32N4O2. The maximum atomic E-state index is 12.4. The number of rotatable bonds is 5. The van der Waals surface area contributed by atoms with Gasteiger partial charge in [-0.1, -0.05) is 13.0 Å². The second-order valence-corrected chi connectivity index (χ2v) is 8.17. The van der Waals surface area contributed by atoms with Gasteiger partial charge in [-0.25, -0.2) is 4.79 Å². The standard InChI is InChI=1S/C21H32N4O2/c1-3-17(2)23-20(27)24-13-9-21(10-14-24)8-6-19(26)25(16-21)12-7-18-5-4-11-22-15-18/h4-5,11,15,17H,3,6-10,12-14,16H2,1-2H3,(H,23,27)/t17-/m1/s1. The first kappa shape index (κ1) is 19.6. The van der Waals surface area contributed by atoms with Crippen molar-refractivity contribution in [2.75, 3.05) is 26.2 Å². The summed E-state index contributed by atoms with van der Waals surface area (Å²) in [4.78, 5) is 32.9. The topological polar surface area (TPSA) is 65.5 Å². The second kappa shape index (κ2) is 8.72. The van der Waals surface area contributed by atoms with Crippen LogP contribution in [0.3, 0.4) is 0 Å². The van der Waals surface area contributed by atoms with E-state index in [1.807, 2.05) is 29.0 Å². The summed E-state index contributed by atoms with van der Waals surface area (Å²) < 4.78 is 0. The van der Waals surface area contributed by atoms with Crippen molar-refractivity contribution in [1.29, 1.82) is 0 Å². The van der Waals surface area contributed by atoms with Gasteiger partial charge >= 0.3 is 6.03 Å². The van der Waals surface area contributed by atoms with Crippen LogP contribution >= 0.6 is 0 Å². The number of aromatic nitrogens is 1. The predicted octanol–water partition coefficient (Wildman–Crippen LogP) is 2.84. The molecule has 148 valence electrons. The van der Waals surface area contributed by atoms with Gasteiger partial charge in [0.05, 0.1) is 0 Å². The molecule has 1 atom stereocenters. The minimum absolute atomic E-state index is 0.0551. The van der Waals surface area contributed by atoms with E-state index in [0.717, 1.165) is 58.3 Å². The van der Waals surface area contributed by atoms with Crippen LogP contribution in [0.2, 0.25) is 0 Å². The highest BCUT2D eigenvalue weighted by molar-refractivity contribution is 5.77. The van der Waals surface area contributed by atoms with Crippen molar-refractivity contribution in [2.24, 2.45) is 5.41 Å². The zero-order valence-corrected chi connectivity index (χ0v) is 16.6. The van der Waals surface area contributed by atoms with E-state index in [2.05, 4.69) is 23.3 Å². The molecule has 0 saturated carbocycles. The van der Waals surface area contributed by atoms with Crippen LogP contribution in [0.1, 0.15) is 51.5 Å². The Labute approximate surface area is 162 Å². The number of nitrogens with one attached hydrogen (secondary N) is 1. The van der Waals surface area contributed by atoms with Crippen molar-refractivity contribution in [3.05, 3.63) is 30.1 Å². The molecule has 0 unspecified atom stereocenters. The lowest BCUT2D eigenvalue weighted by atomic mass is 9.72. The molecule has 27 heavy (non-hydrogen) atoms. The van der Waals surface area contributed by atoms with Crippen molar-refractivity contribution in [1.82, 2.24) is 20.1 Å². The Kier molecular flexibility index (Phi) is 6.34. The number of nitrogens with zero attached hydrogens (tertiary/aromatic N) is 3. The van der Waals surface area contributed by atoms with Gasteiger partial charge in [-0.15, -0.1) is 0 Å². The Hall–Kier alpha value is -2.11. The Balaban J connectivity index is 1.53. The fourth-order valence-corrected chi connectivity index (χ4v) is 4.11. The van der Waals surface area contributed by atoms with Crippen LogP contribution in [-0.4, -0.2) is 58.9 Å². The van der Waals surface area contributed by atoms with Crippen LogP contribution in [0, 0.1) is 5.41 Å². The number of likely N-dealkylation sites (tertiary alicyclic amines) is 2. The average Bonchev–Trinajstić information content (AvgIpc) is 2.70. The van der Waals surface area contributed by atoms with E-state index in [1.165, 1.54) is 5.56 Å². The average molecular weight is 373 g/mol. The Bertz CT molecular complexity index is 641. The SMILES string of the molecule is CC[C@@H](C)NC(=O)N1CCC2(CCC(=O)N(CCc3cccnc3)C2)CC1. The number of hydrogen-bond acceptors (Lipinski definition) is 3. The highest BCUT2D eigenvalue weighted by Gasteiger charge is 2.41. The maximum absolute atomic E-state index is 12.4. The molecule has 2 aliphatic heterocycles. The lowest BCUT2D eigenvalue weighted by molar-refractivity contribution is -0.138. The minimum Gasteiger partial charge on any atom is -0.342 e. The van der Waals surface area contributed by atoms with Crippen LogP contribution in [0.15, 0.2) is 24.5 Å². The summed E-state index contributed by atoms with van der Waals surface area (Å²) in [6, 6.07) is 4.27. The van der Waals surface area contributed by atoms with Gasteiger partial charge in [0.2, 0.25) is 5.91 Å². The number of carbonyl (C=O) groups excluding carboxylic acids is 2. The molecule has 6 heteroatoms. The number of hydrogen-bond donors (Lipinski definition) is 1. The monoisotopic (exact) mass is 372 g/mol. The van der Waals surface area contributed by atoms with Gasteiger partial charge in [-0.05, 0) is 56.1 Å². The highest BCUT2D eigenvalue weighted by Crippen LogP contribution is 2.40. The van der Waals surface area contributed by atoms with E-state index in [9.17, 15) is 9.59 Å². The van der Waals surface area contributed by atoms with Crippen LogP contribution in [0.4, 0.5) is 4.79 Å². The summed E-state index contributed by atoms with van der Waals surface area (Å²) in [6.45, 7) is 7.27. The van der Waals surface area contributed by atoms with Gasteiger partial charge in [-0.3, -0.25) is 9.78 Å². The van der Waals surface area contributed by atoms with E-state index < -0.39 is 0 Å². The number of pyridine rings is 1. The minimum atomic E-state index is 0.0551. The molecule has 1 aromatic heterocycles. The van der Waals surface area contributed by atoms with Gasteiger partial charge in [0.1, 0.15) is 0 Å². The lowest BCUT2D eigenvalue weighted by Gasteiger charge is -2.47. The number of carbonyl (C=O) groups is 2. The molecule has 6 nitrogen and oxygen atoms in total. The zero-order valence-electron chi connectivity index (χ0n) is 16.6. The van der Waals surface area contributed by atoms with E-state index in [4.69, 9.17) is 0 Å².